The molecule has 0 unspecified atom stereocenters. The van der Waals surface area contributed by atoms with Crippen molar-refractivity contribution in [2.45, 2.75) is 6.54 Å². The lowest BCUT2D eigenvalue weighted by Gasteiger charge is -2.12. The molecule has 122 valence electrons. The first-order valence-electron chi connectivity index (χ1n) is 6.98. The highest BCUT2D eigenvalue weighted by molar-refractivity contribution is 5.77. The quantitative estimate of drug-likeness (QED) is 0.852. The molecule has 2 aromatic carbocycles. The molecule has 23 heavy (non-hydrogen) atoms. The summed E-state index contributed by atoms with van der Waals surface area (Å²) in [6, 6.07) is 11.0. The van der Waals surface area contributed by atoms with Crippen LogP contribution in [0.4, 0.5) is 4.39 Å². The molecule has 1 N–H and O–H groups in total. The number of methoxy groups -OCH3 is 2. The van der Waals surface area contributed by atoms with Crippen molar-refractivity contribution < 1.29 is 23.4 Å². The number of benzene rings is 2. The van der Waals surface area contributed by atoms with Crippen LogP contribution in [0.2, 0.25) is 0 Å². The minimum atomic E-state index is -0.413. The molecule has 0 radical (unpaired) electrons. The van der Waals surface area contributed by atoms with E-state index in [0.717, 1.165) is 5.56 Å². The summed E-state index contributed by atoms with van der Waals surface area (Å²) in [4.78, 5) is 11.8. The fraction of sp³-hybridized carbons (Fsp3) is 0.235. The molecule has 2 aromatic rings. The van der Waals surface area contributed by atoms with Crippen LogP contribution in [0.25, 0.3) is 0 Å². The van der Waals surface area contributed by atoms with Crippen molar-refractivity contribution >= 4 is 5.91 Å². The lowest BCUT2D eigenvalue weighted by atomic mass is 10.2. The van der Waals surface area contributed by atoms with Gasteiger partial charge in [-0.1, -0.05) is 6.07 Å². The van der Waals surface area contributed by atoms with E-state index in [4.69, 9.17) is 14.2 Å². The maximum atomic E-state index is 13.0. The number of ether oxygens (including phenoxy) is 3. The standard InChI is InChI=1S/C17H18FNO4/c1-21-14-6-7-16(22-2)12(8-14)10-19-17(20)11-23-15-5-3-4-13(18)9-15/h3-9H,10-11H2,1-2H3,(H,19,20). The van der Waals surface area contributed by atoms with Crippen LogP contribution < -0.4 is 19.5 Å². The molecule has 0 atom stereocenters. The van der Waals surface area contributed by atoms with Crippen molar-refractivity contribution in [2.75, 3.05) is 20.8 Å². The topological polar surface area (TPSA) is 56.8 Å². The number of carbonyl (C=O) groups is 1. The number of carbonyl (C=O) groups excluding carboxylic acids is 1. The molecular formula is C17H18FNO4. The largest absolute Gasteiger partial charge is 0.497 e. The van der Waals surface area contributed by atoms with Gasteiger partial charge >= 0.3 is 0 Å². The van der Waals surface area contributed by atoms with E-state index in [1.165, 1.54) is 18.2 Å². The first-order chi connectivity index (χ1) is 11.1. The van der Waals surface area contributed by atoms with Crippen LogP contribution in [-0.4, -0.2) is 26.7 Å². The number of amides is 1. The third kappa shape index (κ3) is 4.88. The van der Waals surface area contributed by atoms with Crippen LogP contribution in [0.5, 0.6) is 17.2 Å². The number of nitrogens with one attached hydrogen (secondary N) is 1. The maximum absolute atomic E-state index is 13.0. The normalized spacial score (nSPS) is 10.0. The summed E-state index contributed by atoms with van der Waals surface area (Å²) in [5, 5.41) is 2.72. The Morgan fingerprint density at radius 3 is 2.61 bits per heavy atom. The molecule has 0 bridgehead atoms. The molecule has 0 aliphatic heterocycles. The van der Waals surface area contributed by atoms with Gasteiger partial charge in [-0.15, -0.1) is 0 Å². The average molecular weight is 319 g/mol. The zero-order valence-corrected chi connectivity index (χ0v) is 13.0. The van der Waals surface area contributed by atoms with Crippen molar-refractivity contribution in [3.05, 3.63) is 53.8 Å². The Bertz CT molecular complexity index is 675. The summed E-state index contributed by atoms with van der Waals surface area (Å²) in [5.74, 6) is 0.894. The van der Waals surface area contributed by atoms with Gasteiger partial charge in [0, 0.05) is 18.2 Å². The Kier molecular flexibility index (Phi) is 5.80. The number of hydrogen-bond acceptors (Lipinski definition) is 4. The van der Waals surface area contributed by atoms with E-state index in [0.29, 0.717) is 17.2 Å². The molecule has 6 heteroatoms. The first kappa shape index (κ1) is 16.6. The monoisotopic (exact) mass is 319 g/mol. The summed E-state index contributed by atoms with van der Waals surface area (Å²) in [5.41, 5.74) is 0.783. The fourth-order valence-corrected chi connectivity index (χ4v) is 1.97. The second-order valence-electron chi connectivity index (χ2n) is 4.70. The van der Waals surface area contributed by atoms with E-state index < -0.39 is 5.82 Å². The second-order valence-corrected chi connectivity index (χ2v) is 4.70. The van der Waals surface area contributed by atoms with E-state index in [1.54, 1.807) is 38.5 Å². The van der Waals surface area contributed by atoms with Gasteiger partial charge < -0.3 is 19.5 Å². The zero-order chi connectivity index (χ0) is 16.7. The molecule has 0 fully saturated rings. The van der Waals surface area contributed by atoms with Gasteiger partial charge in [-0.2, -0.15) is 0 Å². The molecular weight excluding hydrogens is 301 g/mol. The highest BCUT2D eigenvalue weighted by Gasteiger charge is 2.08. The lowest BCUT2D eigenvalue weighted by Crippen LogP contribution is -2.28. The van der Waals surface area contributed by atoms with Crippen LogP contribution in [0.3, 0.4) is 0 Å². The summed E-state index contributed by atoms with van der Waals surface area (Å²) in [7, 11) is 3.12. The van der Waals surface area contributed by atoms with Gasteiger partial charge in [0.05, 0.1) is 14.2 Å². The van der Waals surface area contributed by atoms with Crippen molar-refractivity contribution in [1.29, 1.82) is 0 Å². The SMILES string of the molecule is COc1ccc(OC)c(CNC(=O)COc2cccc(F)c2)c1. The smallest absolute Gasteiger partial charge is 0.258 e. The zero-order valence-electron chi connectivity index (χ0n) is 13.0. The minimum absolute atomic E-state index is 0.199. The van der Waals surface area contributed by atoms with Crippen molar-refractivity contribution in [3.63, 3.8) is 0 Å². The van der Waals surface area contributed by atoms with E-state index in [9.17, 15) is 9.18 Å². The lowest BCUT2D eigenvalue weighted by molar-refractivity contribution is -0.123. The molecule has 0 aliphatic rings. The van der Waals surface area contributed by atoms with Crippen molar-refractivity contribution in [2.24, 2.45) is 0 Å². The van der Waals surface area contributed by atoms with Gasteiger partial charge in [0.15, 0.2) is 6.61 Å². The molecule has 0 heterocycles. The summed E-state index contributed by atoms with van der Waals surface area (Å²) in [6.45, 7) is 0.0709. The Balaban J connectivity index is 1.89. The van der Waals surface area contributed by atoms with E-state index >= 15 is 0 Å². The van der Waals surface area contributed by atoms with E-state index in [-0.39, 0.29) is 19.1 Å². The highest BCUT2D eigenvalue weighted by Crippen LogP contribution is 2.23. The van der Waals surface area contributed by atoms with Gasteiger partial charge in [0.25, 0.3) is 5.91 Å². The van der Waals surface area contributed by atoms with Gasteiger partial charge in [-0.05, 0) is 30.3 Å². The summed E-state index contributed by atoms with van der Waals surface area (Å²) >= 11 is 0. The van der Waals surface area contributed by atoms with E-state index in [2.05, 4.69) is 5.32 Å². The summed E-state index contributed by atoms with van der Waals surface area (Å²) < 4.78 is 28.6. The average Bonchev–Trinajstić information content (AvgIpc) is 2.57. The van der Waals surface area contributed by atoms with Crippen LogP contribution in [0.1, 0.15) is 5.56 Å². The molecule has 0 aromatic heterocycles. The van der Waals surface area contributed by atoms with Gasteiger partial charge in [0.1, 0.15) is 23.1 Å². The minimum Gasteiger partial charge on any atom is -0.497 e. The first-order valence-corrected chi connectivity index (χ1v) is 6.98. The molecule has 5 nitrogen and oxygen atoms in total. The van der Waals surface area contributed by atoms with Gasteiger partial charge in [-0.3, -0.25) is 4.79 Å². The molecule has 0 saturated heterocycles. The van der Waals surface area contributed by atoms with E-state index in [1.807, 2.05) is 0 Å². The fourth-order valence-electron chi connectivity index (χ4n) is 1.97. The predicted octanol–water partition coefficient (Wildman–Crippen LogP) is 2.54. The predicted molar refractivity (Wildman–Crippen MR) is 83.3 cm³/mol. The Morgan fingerprint density at radius 1 is 1.09 bits per heavy atom. The number of halogens is 1. The molecule has 0 saturated carbocycles. The van der Waals surface area contributed by atoms with Gasteiger partial charge in [-0.25, -0.2) is 4.39 Å². The molecule has 1 amide bonds. The van der Waals surface area contributed by atoms with Crippen molar-refractivity contribution in [3.8, 4) is 17.2 Å². The third-order valence-electron chi connectivity index (χ3n) is 3.13. The maximum Gasteiger partial charge on any atom is 0.258 e. The second kappa shape index (κ2) is 8.03. The van der Waals surface area contributed by atoms with Gasteiger partial charge in [0.2, 0.25) is 0 Å². The number of hydrogen-bond donors (Lipinski definition) is 1. The van der Waals surface area contributed by atoms with Crippen molar-refractivity contribution in [1.82, 2.24) is 5.32 Å². The Labute approximate surface area is 134 Å². The van der Waals surface area contributed by atoms with Crippen LogP contribution in [0, 0.1) is 5.82 Å². The third-order valence-corrected chi connectivity index (χ3v) is 3.13. The molecule has 2 rings (SSSR count). The number of rotatable bonds is 7. The molecule has 0 aliphatic carbocycles. The van der Waals surface area contributed by atoms with Crippen LogP contribution >= 0.6 is 0 Å². The van der Waals surface area contributed by atoms with Crippen LogP contribution in [-0.2, 0) is 11.3 Å². The Hall–Kier alpha value is -2.76. The highest BCUT2D eigenvalue weighted by atomic mass is 19.1. The molecule has 0 spiro atoms. The summed E-state index contributed by atoms with van der Waals surface area (Å²) in [6.07, 6.45) is 0. The Morgan fingerprint density at radius 2 is 1.91 bits per heavy atom. The van der Waals surface area contributed by atoms with Crippen LogP contribution in [0.15, 0.2) is 42.5 Å².